The van der Waals surface area contributed by atoms with Crippen LogP contribution in [-0.2, 0) is 11.0 Å². The van der Waals surface area contributed by atoms with E-state index in [4.69, 9.17) is 0 Å². The van der Waals surface area contributed by atoms with E-state index in [9.17, 15) is 18.0 Å². The van der Waals surface area contributed by atoms with E-state index >= 15 is 0 Å². The molecule has 8 heteroatoms. The van der Waals surface area contributed by atoms with Gasteiger partial charge in [0.2, 0.25) is 5.91 Å². The quantitative estimate of drug-likeness (QED) is 0.708. The van der Waals surface area contributed by atoms with Crippen LogP contribution in [0.25, 0.3) is 0 Å². The number of hydrogen-bond acceptors (Lipinski definition) is 3. The number of benzene rings is 1. The van der Waals surface area contributed by atoms with Crippen LogP contribution in [0.3, 0.4) is 0 Å². The number of carbonyl (C=O) groups excluding carboxylic acids is 1. The molecule has 0 spiro atoms. The highest BCUT2D eigenvalue weighted by atomic mass is 79.9. The van der Waals surface area contributed by atoms with Crippen molar-refractivity contribution in [1.29, 1.82) is 0 Å². The third kappa shape index (κ3) is 4.84. The first-order valence-corrected chi connectivity index (χ1v) is 9.88. The van der Waals surface area contributed by atoms with Crippen LogP contribution >= 0.6 is 15.9 Å². The van der Waals surface area contributed by atoms with Gasteiger partial charge in [0.1, 0.15) is 5.82 Å². The lowest BCUT2D eigenvalue weighted by Crippen LogP contribution is -2.41. The van der Waals surface area contributed by atoms with Crippen molar-refractivity contribution in [3.63, 3.8) is 0 Å². The molecule has 1 amide bonds. The molecular formula is C20H21BrF3N3O. The number of halogens is 4. The first kappa shape index (κ1) is 20.6. The average Bonchev–Trinajstić information content (AvgIpc) is 2.68. The van der Waals surface area contributed by atoms with Gasteiger partial charge in [0.25, 0.3) is 0 Å². The van der Waals surface area contributed by atoms with Crippen LogP contribution in [0.5, 0.6) is 0 Å². The van der Waals surface area contributed by atoms with Gasteiger partial charge in [-0.25, -0.2) is 4.98 Å². The summed E-state index contributed by atoms with van der Waals surface area (Å²) in [4.78, 5) is 18.5. The van der Waals surface area contributed by atoms with E-state index in [2.05, 4.69) is 26.2 Å². The molecule has 0 aliphatic carbocycles. The van der Waals surface area contributed by atoms with Gasteiger partial charge in [-0.3, -0.25) is 4.79 Å². The Labute approximate surface area is 170 Å². The number of anilines is 1. The SMILES string of the molecule is CC(NC(=O)C1CCN(c2ccc(C(F)(F)F)cn2)CC1)c1ccccc1Br. The molecule has 2 aromatic rings. The van der Waals surface area contributed by atoms with Crippen molar-refractivity contribution in [2.45, 2.75) is 32.0 Å². The molecule has 2 heterocycles. The van der Waals surface area contributed by atoms with E-state index in [-0.39, 0.29) is 17.9 Å². The molecule has 0 saturated carbocycles. The minimum absolute atomic E-state index is 0.00304. The fourth-order valence-electron chi connectivity index (χ4n) is 3.35. The Hall–Kier alpha value is -2.09. The fourth-order valence-corrected chi connectivity index (χ4v) is 3.97. The van der Waals surface area contributed by atoms with E-state index in [1.807, 2.05) is 36.1 Å². The van der Waals surface area contributed by atoms with E-state index in [0.29, 0.717) is 31.7 Å². The third-order valence-corrected chi connectivity index (χ3v) is 5.72. The first-order chi connectivity index (χ1) is 13.3. The van der Waals surface area contributed by atoms with Crippen molar-refractivity contribution >= 4 is 27.7 Å². The lowest BCUT2D eigenvalue weighted by atomic mass is 9.95. The molecule has 150 valence electrons. The first-order valence-electron chi connectivity index (χ1n) is 9.08. The molecule has 1 N–H and O–H groups in total. The molecule has 1 saturated heterocycles. The maximum atomic E-state index is 12.7. The minimum atomic E-state index is -4.39. The highest BCUT2D eigenvalue weighted by Crippen LogP contribution is 2.30. The van der Waals surface area contributed by atoms with Crippen molar-refractivity contribution in [2.75, 3.05) is 18.0 Å². The number of pyridine rings is 1. The Morgan fingerprint density at radius 1 is 1.21 bits per heavy atom. The number of carbonyl (C=O) groups is 1. The van der Waals surface area contributed by atoms with E-state index in [1.54, 1.807) is 0 Å². The molecule has 1 aromatic carbocycles. The predicted molar refractivity (Wildman–Crippen MR) is 105 cm³/mol. The van der Waals surface area contributed by atoms with Gasteiger partial charge in [-0.2, -0.15) is 13.2 Å². The van der Waals surface area contributed by atoms with Gasteiger partial charge < -0.3 is 10.2 Å². The van der Waals surface area contributed by atoms with Crippen LogP contribution in [-0.4, -0.2) is 24.0 Å². The number of piperidine rings is 1. The summed E-state index contributed by atoms with van der Waals surface area (Å²) in [7, 11) is 0. The Morgan fingerprint density at radius 3 is 2.46 bits per heavy atom. The van der Waals surface area contributed by atoms with Gasteiger partial charge >= 0.3 is 6.18 Å². The second-order valence-electron chi connectivity index (χ2n) is 6.92. The molecular weight excluding hydrogens is 435 g/mol. The van der Waals surface area contributed by atoms with Gasteiger partial charge in [0, 0.05) is 29.7 Å². The summed E-state index contributed by atoms with van der Waals surface area (Å²) in [5.41, 5.74) is 0.258. The Balaban J connectivity index is 1.55. The topological polar surface area (TPSA) is 45.2 Å². The van der Waals surface area contributed by atoms with Crippen LogP contribution < -0.4 is 10.2 Å². The zero-order valence-corrected chi connectivity index (χ0v) is 16.9. The number of alkyl halides is 3. The summed E-state index contributed by atoms with van der Waals surface area (Å²) in [6.07, 6.45) is -2.26. The molecule has 1 aliphatic heterocycles. The molecule has 1 atom stereocenters. The lowest BCUT2D eigenvalue weighted by Gasteiger charge is -2.32. The molecule has 1 aromatic heterocycles. The van der Waals surface area contributed by atoms with Crippen LogP contribution in [0.15, 0.2) is 47.1 Å². The van der Waals surface area contributed by atoms with E-state index < -0.39 is 11.7 Å². The summed E-state index contributed by atoms with van der Waals surface area (Å²) in [6, 6.07) is 10.1. The maximum absolute atomic E-state index is 12.7. The second kappa shape index (κ2) is 8.51. The Kier molecular flexibility index (Phi) is 6.27. The third-order valence-electron chi connectivity index (χ3n) is 5.00. The molecule has 3 rings (SSSR count). The largest absolute Gasteiger partial charge is 0.417 e. The zero-order valence-electron chi connectivity index (χ0n) is 15.3. The van der Waals surface area contributed by atoms with E-state index in [0.717, 1.165) is 22.3 Å². The number of aromatic nitrogens is 1. The normalized spacial score (nSPS) is 16.7. The van der Waals surface area contributed by atoms with Crippen LogP contribution in [0, 0.1) is 5.92 Å². The summed E-state index contributed by atoms with van der Waals surface area (Å²) in [5.74, 6) is 0.396. The van der Waals surface area contributed by atoms with Crippen LogP contribution in [0.2, 0.25) is 0 Å². The maximum Gasteiger partial charge on any atom is 0.417 e. The van der Waals surface area contributed by atoms with Gasteiger partial charge in [-0.1, -0.05) is 34.1 Å². The van der Waals surface area contributed by atoms with E-state index in [1.165, 1.54) is 6.07 Å². The van der Waals surface area contributed by atoms with Gasteiger partial charge in [0.15, 0.2) is 0 Å². The van der Waals surface area contributed by atoms with Crippen molar-refractivity contribution in [1.82, 2.24) is 10.3 Å². The summed E-state index contributed by atoms with van der Waals surface area (Å²) >= 11 is 3.50. The number of nitrogens with zero attached hydrogens (tertiary/aromatic N) is 2. The number of rotatable bonds is 4. The van der Waals surface area contributed by atoms with Crippen LogP contribution in [0.1, 0.15) is 36.9 Å². The predicted octanol–water partition coefficient (Wildman–Crippen LogP) is 4.96. The number of hydrogen-bond donors (Lipinski definition) is 1. The van der Waals surface area contributed by atoms with Crippen LogP contribution in [0.4, 0.5) is 19.0 Å². The highest BCUT2D eigenvalue weighted by Gasteiger charge is 2.31. The molecule has 28 heavy (non-hydrogen) atoms. The average molecular weight is 456 g/mol. The smallest absolute Gasteiger partial charge is 0.357 e. The fraction of sp³-hybridized carbons (Fsp3) is 0.400. The standard InChI is InChI=1S/C20H21BrF3N3O/c1-13(16-4-2-3-5-17(16)21)26-19(28)14-8-10-27(11-9-14)18-7-6-15(12-25-18)20(22,23)24/h2-7,12-14H,8-11H2,1H3,(H,26,28). The summed E-state index contributed by atoms with van der Waals surface area (Å²) < 4.78 is 38.9. The molecule has 1 aliphatic rings. The van der Waals surface area contributed by atoms with Crippen molar-refractivity contribution < 1.29 is 18.0 Å². The lowest BCUT2D eigenvalue weighted by molar-refractivity contribution is -0.137. The number of amides is 1. The molecule has 1 fully saturated rings. The van der Waals surface area contributed by atoms with Gasteiger partial charge in [-0.05, 0) is 43.5 Å². The monoisotopic (exact) mass is 455 g/mol. The molecule has 1 unspecified atom stereocenters. The van der Waals surface area contributed by atoms with Crippen molar-refractivity contribution in [3.05, 3.63) is 58.2 Å². The molecule has 4 nitrogen and oxygen atoms in total. The van der Waals surface area contributed by atoms with Gasteiger partial charge in [0.05, 0.1) is 11.6 Å². The Morgan fingerprint density at radius 2 is 1.89 bits per heavy atom. The second-order valence-corrected chi connectivity index (χ2v) is 7.77. The Bertz CT molecular complexity index is 818. The summed E-state index contributed by atoms with van der Waals surface area (Å²) in [5, 5.41) is 3.06. The molecule has 0 bridgehead atoms. The number of nitrogens with one attached hydrogen (secondary N) is 1. The minimum Gasteiger partial charge on any atom is -0.357 e. The zero-order chi connectivity index (χ0) is 20.3. The van der Waals surface area contributed by atoms with Crippen molar-refractivity contribution in [2.24, 2.45) is 5.92 Å². The highest BCUT2D eigenvalue weighted by molar-refractivity contribution is 9.10. The van der Waals surface area contributed by atoms with Crippen molar-refractivity contribution in [3.8, 4) is 0 Å². The molecule has 0 radical (unpaired) electrons. The summed E-state index contributed by atoms with van der Waals surface area (Å²) in [6.45, 7) is 3.11. The van der Waals surface area contributed by atoms with Gasteiger partial charge in [-0.15, -0.1) is 0 Å².